The first-order chi connectivity index (χ1) is 8.65. The fourth-order valence-electron chi connectivity index (χ4n) is 1.24. The lowest BCUT2D eigenvalue weighted by Gasteiger charge is -2.22. The van der Waals surface area contributed by atoms with Crippen molar-refractivity contribution in [3.05, 3.63) is 0 Å². The molecule has 0 aliphatic carbocycles. The van der Waals surface area contributed by atoms with E-state index in [0.29, 0.717) is 5.75 Å². The third-order valence-corrected chi connectivity index (χ3v) is 3.57. The normalized spacial score (nSPS) is 14.4. The SMILES string of the molecule is COC(=O)[C@H](C)CSC[C@@H](C)NC(=O)OC(C)(C)C. The van der Waals surface area contributed by atoms with Gasteiger partial charge in [-0.05, 0) is 27.7 Å². The van der Waals surface area contributed by atoms with E-state index in [1.165, 1.54) is 7.11 Å². The highest BCUT2D eigenvalue weighted by Crippen LogP contribution is 2.12. The van der Waals surface area contributed by atoms with Crippen LogP contribution in [0.4, 0.5) is 4.79 Å². The molecule has 1 N–H and O–H groups in total. The van der Waals surface area contributed by atoms with Crippen LogP contribution in [0, 0.1) is 5.92 Å². The lowest BCUT2D eigenvalue weighted by Crippen LogP contribution is -2.38. The molecule has 0 radical (unpaired) electrons. The summed E-state index contributed by atoms with van der Waals surface area (Å²) in [7, 11) is 1.39. The first-order valence-electron chi connectivity index (χ1n) is 6.30. The molecule has 0 unspecified atom stereocenters. The Kier molecular flexibility index (Phi) is 7.90. The second kappa shape index (κ2) is 8.30. The second-order valence-corrected chi connectivity index (χ2v) is 6.58. The molecule has 2 atom stereocenters. The molecule has 0 aliphatic rings. The van der Waals surface area contributed by atoms with Crippen molar-refractivity contribution in [2.45, 2.75) is 46.3 Å². The summed E-state index contributed by atoms with van der Waals surface area (Å²) >= 11 is 1.60. The molecule has 0 heterocycles. The van der Waals surface area contributed by atoms with Gasteiger partial charge < -0.3 is 14.8 Å². The molecule has 112 valence electrons. The van der Waals surface area contributed by atoms with Crippen LogP contribution in [0.3, 0.4) is 0 Å². The number of hydrogen-bond acceptors (Lipinski definition) is 5. The molecule has 0 spiro atoms. The molecule has 5 nitrogen and oxygen atoms in total. The van der Waals surface area contributed by atoms with Crippen LogP contribution < -0.4 is 5.32 Å². The van der Waals surface area contributed by atoms with Gasteiger partial charge in [0.2, 0.25) is 0 Å². The fraction of sp³-hybridized carbons (Fsp3) is 0.846. The Labute approximate surface area is 119 Å². The Morgan fingerprint density at radius 2 is 1.79 bits per heavy atom. The Hall–Kier alpha value is -0.910. The summed E-state index contributed by atoms with van der Waals surface area (Å²) < 4.78 is 9.80. The van der Waals surface area contributed by atoms with Gasteiger partial charge in [0.1, 0.15) is 5.60 Å². The summed E-state index contributed by atoms with van der Waals surface area (Å²) in [5, 5.41) is 2.76. The Morgan fingerprint density at radius 1 is 1.21 bits per heavy atom. The molecular formula is C13H25NO4S. The zero-order valence-electron chi connectivity index (χ0n) is 12.6. The van der Waals surface area contributed by atoms with Crippen molar-refractivity contribution < 1.29 is 19.1 Å². The zero-order valence-corrected chi connectivity index (χ0v) is 13.4. The van der Waals surface area contributed by atoms with Crippen molar-refractivity contribution in [3.63, 3.8) is 0 Å². The monoisotopic (exact) mass is 291 g/mol. The van der Waals surface area contributed by atoms with Gasteiger partial charge in [0.25, 0.3) is 0 Å². The van der Waals surface area contributed by atoms with Crippen LogP contribution in [0.25, 0.3) is 0 Å². The number of alkyl carbamates (subject to hydrolysis) is 1. The predicted molar refractivity (Wildman–Crippen MR) is 77.3 cm³/mol. The number of methoxy groups -OCH3 is 1. The van der Waals surface area contributed by atoms with Gasteiger partial charge in [-0.3, -0.25) is 4.79 Å². The van der Waals surface area contributed by atoms with Gasteiger partial charge in [0, 0.05) is 17.5 Å². The standard InChI is InChI=1S/C13H25NO4S/c1-9(11(15)17-6)7-19-8-10(2)14-12(16)18-13(3,4)5/h9-10H,7-8H2,1-6H3,(H,14,16)/t9-,10-/m1/s1. The van der Waals surface area contributed by atoms with E-state index in [4.69, 9.17) is 4.74 Å². The van der Waals surface area contributed by atoms with Crippen molar-refractivity contribution in [2.24, 2.45) is 5.92 Å². The zero-order chi connectivity index (χ0) is 15.1. The van der Waals surface area contributed by atoms with Gasteiger partial charge in [-0.25, -0.2) is 4.79 Å². The molecule has 19 heavy (non-hydrogen) atoms. The number of carbonyl (C=O) groups is 2. The lowest BCUT2D eigenvalue weighted by atomic mass is 10.2. The van der Waals surface area contributed by atoms with Gasteiger partial charge in [-0.2, -0.15) is 11.8 Å². The molecule has 0 aliphatic heterocycles. The molecule has 0 aromatic carbocycles. The summed E-state index contributed by atoms with van der Waals surface area (Å²) in [5.41, 5.74) is -0.490. The number of ether oxygens (including phenoxy) is 2. The smallest absolute Gasteiger partial charge is 0.407 e. The molecule has 0 saturated heterocycles. The van der Waals surface area contributed by atoms with Crippen LogP contribution in [-0.4, -0.2) is 42.3 Å². The van der Waals surface area contributed by atoms with Crippen LogP contribution in [0.5, 0.6) is 0 Å². The van der Waals surface area contributed by atoms with Crippen LogP contribution in [0.15, 0.2) is 0 Å². The van der Waals surface area contributed by atoms with Crippen LogP contribution in [-0.2, 0) is 14.3 Å². The first-order valence-corrected chi connectivity index (χ1v) is 7.46. The largest absolute Gasteiger partial charge is 0.469 e. The van der Waals surface area contributed by atoms with E-state index in [0.717, 1.165) is 5.75 Å². The van der Waals surface area contributed by atoms with E-state index >= 15 is 0 Å². The van der Waals surface area contributed by atoms with E-state index < -0.39 is 11.7 Å². The van der Waals surface area contributed by atoms with Crippen molar-refractivity contribution >= 4 is 23.8 Å². The van der Waals surface area contributed by atoms with E-state index in [1.54, 1.807) is 11.8 Å². The number of amides is 1. The highest BCUT2D eigenvalue weighted by molar-refractivity contribution is 7.99. The highest BCUT2D eigenvalue weighted by atomic mass is 32.2. The maximum absolute atomic E-state index is 11.5. The summed E-state index contributed by atoms with van der Waals surface area (Å²) in [6, 6.07) is -0.00954. The van der Waals surface area contributed by atoms with Crippen molar-refractivity contribution in [1.82, 2.24) is 5.32 Å². The van der Waals surface area contributed by atoms with E-state index in [9.17, 15) is 9.59 Å². The molecule has 1 amide bonds. The molecule has 6 heteroatoms. The summed E-state index contributed by atoms with van der Waals surface area (Å²) in [5.74, 6) is 1.05. The topological polar surface area (TPSA) is 64.6 Å². The quantitative estimate of drug-likeness (QED) is 0.761. The summed E-state index contributed by atoms with van der Waals surface area (Å²) in [4.78, 5) is 22.7. The average molecular weight is 291 g/mol. The maximum Gasteiger partial charge on any atom is 0.407 e. The minimum Gasteiger partial charge on any atom is -0.469 e. The van der Waals surface area contributed by atoms with Crippen molar-refractivity contribution in [1.29, 1.82) is 0 Å². The molecule has 0 bridgehead atoms. The van der Waals surface area contributed by atoms with Crippen LogP contribution in [0.1, 0.15) is 34.6 Å². The lowest BCUT2D eigenvalue weighted by molar-refractivity contribution is -0.144. The van der Waals surface area contributed by atoms with Crippen molar-refractivity contribution in [3.8, 4) is 0 Å². The maximum atomic E-state index is 11.5. The Morgan fingerprint density at radius 3 is 2.26 bits per heavy atom. The second-order valence-electron chi connectivity index (χ2n) is 5.51. The van der Waals surface area contributed by atoms with E-state index in [1.807, 2.05) is 34.6 Å². The average Bonchev–Trinajstić information content (AvgIpc) is 2.24. The third-order valence-electron chi connectivity index (χ3n) is 2.10. The minimum atomic E-state index is -0.490. The van der Waals surface area contributed by atoms with Gasteiger partial charge in [-0.15, -0.1) is 0 Å². The number of esters is 1. The summed E-state index contributed by atoms with van der Waals surface area (Å²) in [6.07, 6.45) is -0.415. The van der Waals surface area contributed by atoms with Crippen molar-refractivity contribution in [2.75, 3.05) is 18.6 Å². The predicted octanol–water partition coefficient (Wildman–Crippen LogP) is 2.44. The number of nitrogens with one attached hydrogen (secondary N) is 1. The third kappa shape index (κ3) is 9.64. The first kappa shape index (κ1) is 18.1. The minimum absolute atomic E-state index is 0.00954. The number of hydrogen-bond donors (Lipinski definition) is 1. The number of thioether (sulfide) groups is 1. The van der Waals surface area contributed by atoms with Gasteiger partial charge in [0.05, 0.1) is 13.0 Å². The van der Waals surface area contributed by atoms with Gasteiger partial charge in [-0.1, -0.05) is 6.92 Å². The van der Waals surface area contributed by atoms with Crippen LogP contribution >= 0.6 is 11.8 Å². The van der Waals surface area contributed by atoms with Gasteiger partial charge >= 0.3 is 12.1 Å². The molecular weight excluding hydrogens is 266 g/mol. The molecule has 0 saturated carbocycles. The number of carbonyl (C=O) groups excluding carboxylic acids is 2. The van der Waals surface area contributed by atoms with E-state index in [-0.39, 0.29) is 17.9 Å². The fourth-order valence-corrected chi connectivity index (χ4v) is 2.30. The van der Waals surface area contributed by atoms with Gasteiger partial charge in [0.15, 0.2) is 0 Å². The van der Waals surface area contributed by atoms with Crippen LogP contribution in [0.2, 0.25) is 0 Å². The molecule has 0 aromatic heterocycles. The molecule has 0 rings (SSSR count). The summed E-state index contributed by atoms with van der Waals surface area (Å²) in [6.45, 7) is 9.20. The van der Waals surface area contributed by atoms with E-state index in [2.05, 4.69) is 10.1 Å². The number of rotatable bonds is 6. The highest BCUT2D eigenvalue weighted by Gasteiger charge is 2.18. The Bertz CT molecular complexity index is 302. The Balaban J connectivity index is 3.84. The molecule has 0 aromatic rings. The molecule has 0 fully saturated rings.